The number of carbonyl (C=O) groups excluding carboxylic acids is 2. The Morgan fingerprint density at radius 1 is 0.926 bits per heavy atom. The summed E-state index contributed by atoms with van der Waals surface area (Å²) in [6, 6.07) is 14.2. The molecule has 0 saturated heterocycles. The minimum absolute atomic E-state index is 0.00171. The van der Waals surface area contributed by atoms with Crippen LogP contribution in [0.15, 0.2) is 48.5 Å². The zero-order valence-electron chi connectivity index (χ0n) is 15.0. The topological polar surface area (TPSA) is 70.4 Å². The van der Waals surface area contributed by atoms with Gasteiger partial charge >= 0.3 is 11.9 Å². The molecule has 3 aromatic rings. The summed E-state index contributed by atoms with van der Waals surface area (Å²) in [5, 5.41) is 5.07. The van der Waals surface area contributed by atoms with Crippen LogP contribution in [0.3, 0.4) is 0 Å². The van der Waals surface area contributed by atoms with Crippen molar-refractivity contribution in [3.8, 4) is 16.9 Å². The van der Waals surface area contributed by atoms with E-state index in [1.54, 1.807) is 24.3 Å². The van der Waals surface area contributed by atoms with E-state index in [9.17, 15) is 9.59 Å². The molecule has 0 unspecified atom stereocenters. The van der Waals surface area contributed by atoms with Crippen molar-refractivity contribution in [3.05, 3.63) is 70.4 Å². The molecule has 0 aliphatic rings. The maximum absolute atomic E-state index is 12.5. The number of halogens is 1. The number of methoxy groups -OCH3 is 2. The van der Waals surface area contributed by atoms with Crippen LogP contribution in [0.5, 0.6) is 0 Å². The highest BCUT2D eigenvalue weighted by Gasteiger charge is 2.31. The molecule has 0 atom stereocenters. The smallest absolute Gasteiger partial charge is 0.357 e. The van der Waals surface area contributed by atoms with E-state index in [0.29, 0.717) is 22.0 Å². The first kappa shape index (κ1) is 18.7. The van der Waals surface area contributed by atoms with Crippen LogP contribution in [0.2, 0.25) is 5.02 Å². The van der Waals surface area contributed by atoms with Gasteiger partial charge in [-0.1, -0.05) is 41.4 Å². The highest BCUT2D eigenvalue weighted by atomic mass is 35.5. The Morgan fingerprint density at radius 3 is 2.07 bits per heavy atom. The third-order valence-corrected chi connectivity index (χ3v) is 4.30. The van der Waals surface area contributed by atoms with Gasteiger partial charge in [-0.2, -0.15) is 5.10 Å². The van der Waals surface area contributed by atoms with Gasteiger partial charge in [0.2, 0.25) is 0 Å². The summed E-state index contributed by atoms with van der Waals surface area (Å²) < 4.78 is 11.2. The molecule has 0 bridgehead atoms. The molecule has 7 heteroatoms. The number of ether oxygens (including phenoxy) is 2. The first-order chi connectivity index (χ1) is 13.0. The van der Waals surface area contributed by atoms with Crippen LogP contribution in [0.25, 0.3) is 16.9 Å². The van der Waals surface area contributed by atoms with E-state index in [0.717, 1.165) is 5.56 Å². The Balaban J connectivity index is 2.33. The third-order valence-electron chi connectivity index (χ3n) is 4.05. The van der Waals surface area contributed by atoms with E-state index in [1.165, 1.54) is 18.9 Å². The van der Waals surface area contributed by atoms with E-state index >= 15 is 0 Å². The molecule has 0 aliphatic heterocycles. The van der Waals surface area contributed by atoms with E-state index in [1.807, 2.05) is 31.2 Å². The van der Waals surface area contributed by atoms with Gasteiger partial charge < -0.3 is 9.47 Å². The predicted octanol–water partition coefficient (Wildman–Crippen LogP) is 4.07. The summed E-state index contributed by atoms with van der Waals surface area (Å²) in [6.07, 6.45) is 0. The van der Waals surface area contributed by atoms with Crippen molar-refractivity contribution in [2.24, 2.45) is 0 Å². The zero-order valence-corrected chi connectivity index (χ0v) is 15.8. The van der Waals surface area contributed by atoms with Crippen LogP contribution in [-0.2, 0) is 9.47 Å². The first-order valence-corrected chi connectivity index (χ1v) is 8.46. The Morgan fingerprint density at radius 2 is 1.52 bits per heavy atom. The lowest BCUT2D eigenvalue weighted by atomic mass is 10.1. The normalized spacial score (nSPS) is 10.5. The second-order valence-corrected chi connectivity index (χ2v) is 6.25. The van der Waals surface area contributed by atoms with E-state index in [-0.39, 0.29) is 11.3 Å². The lowest BCUT2D eigenvalue weighted by Crippen LogP contribution is -2.15. The highest BCUT2D eigenvalue weighted by Crippen LogP contribution is 2.30. The van der Waals surface area contributed by atoms with Crippen molar-refractivity contribution in [1.82, 2.24) is 9.78 Å². The average molecular weight is 385 g/mol. The molecule has 3 rings (SSSR count). The van der Waals surface area contributed by atoms with Gasteiger partial charge in [-0.25, -0.2) is 14.3 Å². The van der Waals surface area contributed by atoms with Crippen LogP contribution in [0.4, 0.5) is 0 Å². The highest BCUT2D eigenvalue weighted by molar-refractivity contribution is 6.30. The van der Waals surface area contributed by atoms with Crippen molar-refractivity contribution in [3.63, 3.8) is 0 Å². The Labute approximate surface area is 161 Å². The van der Waals surface area contributed by atoms with Gasteiger partial charge in [-0.05, 0) is 31.2 Å². The first-order valence-electron chi connectivity index (χ1n) is 8.09. The lowest BCUT2D eigenvalue weighted by molar-refractivity contribution is 0.0549. The molecule has 27 heavy (non-hydrogen) atoms. The molecule has 0 saturated carbocycles. The maximum Gasteiger partial charge on any atom is 0.357 e. The fraction of sp³-hybridized carbons (Fsp3) is 0.150. The second kappa shape index (κ2) is 7.63. The molecule has 0 spiro atoms. The molecule has 0 aliphatic carbocycles. The van der Waals surface area contributed by atoms with E-state index in [4.69, 9.17) is 21.1 Å². The number of hydrogen-bond acceptors (Lipinski definition) is 5. The number of carbonyl (C=O) groups is 2. The molecule has 0 radical (unpaired) electrons. The molecular formula is C20H17ClN2O4. The van der Waals surface area contributed by atoms with Crippen LogP contribution in [0.1, 0.15) is 26.4 Å². The molecule has 0 fully saturated rings. The summed E-state index contributed by atoms with van der Waals surface area (Å²) in [6.45, 7) is 1.95. The van der Waals surface area contributed by atoms with Gasteiger partial charge in [0.05, 0.1) is 19.9 Å². The lowest BCUT2D eigenvalue weighted by Gasteiger charge is -2.07. The fourth-order valence-electron chi connectivity index (χ4n) is 2.68. The number of hydrogen-bond donors (Lipinski definition) is 0. The molecule has 0 N–H and O–H groups in total. The Kier molecular flexibility index (Phi) is 5.28. The Bertz CT molecular complexity index is 912. The zero-order chi connectivity index (χ0) is 19.6. The summed E-state index contributed by atoms with van der Waals surface area (Å²) in [4.78, 5) is 25.0. The van der Waals surface area contributed by atoms with Crippen molar-refractivity contribution >= 4 is 23.5 Å². The van der Waals surface area contributed by atoms with Gasteiger partial charge in [0.15, 0.2) is 5.69 Å². The monoisotopic (exact) mass is 384 g/mol. The number of benzene rings is 2. The fourth-order valence-corrected chi connectivity index (χ4v) is 2.81. The van der Waals surface area contributed by atoms with Gasteiger partial charge in [0.25, 0.3) is 0 Å². The maximum atomic E-state index is 12.5. The number of nitrogens with zero attached hydrogens (tertiary/aromatic N) is 2. The van der Waals surface area contributed by atoms with Crippen LogP contribution < -0.4 is 0 Å². The van der Waals surface area contributed by atoms with Crippen LogP contribution in [-0.4, -0.2) is 35.9 Å². The minimum atomic E-state index is -0.691. The van der Waals surface area contributed by atoms with E-state index in [2.05, 4.69) is 5.10 Å². The number of esters is 2. The quantitative estimate of drug-likeness (QED) is 0.634. The number of aryl methyl sites for hydroxylation is 1. The number of rotatable bonds is 4. The standard InChI is InChI=1S/C20H17ClN2O4/c1-12-4-10-15(11-5-12)23-18(20(25)27-3)16(19(24)26-2)17(22-23)13-6-8-14(21)9-7-13/h4-11H,1-3H3. The second-order valence-electron chi connectivity index (χ2n) is 5.81. The van der Waals surface area contributed by atoms with Gasteiger partial charge in [-0.15, -0.1) is 0 Å². The number of aromatic nitrogens is 2. The Hall–Kier alpha value is -3.12. The molecular weight excluding hydrogens is 368 g/mol. The van der Waals surface area contributed by atoms with Crippen LogP contribution >= 0.6 is 11.6 Å². The molecule has 6 nitrogen and oxygen atoms in total. The molecule has 2 aromatic carbocycles. The van der Waals surface area contributed by atoms with Crippen molar-refractivity contribution in [2.45, 2.75) is 6.92 Å². The SMILES string of the molecule is COC(=O)c1c(-c2ccc(Cl)cc2)nn(-c2ccc(C)cc2)c1C(=O)OC. The molecule has 0 amide bonds. The largest absolute Gasteiger partial charge is 0.465 e. The third kappa shape index (κ3) is 3.57. The van der Waals surface area contributed by atoms with Crippen molar-refractivity contribution in [2.75, 3.05) is 14.2 Å². The summed E-state index contributed by atoms with van der Waals surface area (Å²) in [7, 11) is 2.50. The molecule has 1 heterocycles. The summed E-state index contributed by atoms with van der Waals surface area (Å²) >= 11 is 5.96. The van der Waals surface area contributed by atoms with Gasteiger partial charge in [0.1, 0.15) is 11.3 Å². The van der Waals surface area contributed by atoms with E-state index < -0.39 is 11.9 Å². The van der Waals surface area contributed by atoms with Gasteiger partial charge in [-0.3, -0.25) is 0 Å². The molecule has 138 valence electrons. The summed E-state index contributed by atoms with van der Waals surface area (Å²) in [5.74, 6) is -1.37. The van der Waals surface area contributed by atoms with Crippen molar-refractivity contribution in [1.29, 1.82) is 0 Å². The van der Waals surface area contributed by atoms with Crippen molar-refractivity contribution < 1.29 is 19.1 Å². The molecule has 1 aromatic heterocycles. The predicted molar refractivity (Wildman–Crippen MR) is 101 cm³/mol. The minimum Gasteiger partial charge on any atom is -0.465 e. The van der Waals surface area contributed by atoms with Gasteiger partial charge in [0, 0.05) is 10.6 Å². The van der Waals surface area contributed by atoms with Crippen LogP contribution in [0, 0.1) is 6.92 Å². The average Bonchev–Trinajstić information content (AvgIpc) is 3.08. The summed E-state index contributed by atoms with van der Waals surface area (Å²) in [5.41, 5.74) is 2.63.